The molecule has 0 aliphatic heterocycles. The quantitative estimate of drug-likeness (QED) is 0.206. The van der Waals surface area contributed by atoms with Gasteiger partial charge >= 0.3 is 0 Å². The van der Waals surface area contributed by atoms with E-state index in [9.17, 15) is 0 Å². The summed E-state index contributed by atoms with van der Waals surface area (Å²) in [4.78, 5) is 0. The molecular formula is C30H34N4. The third-order valence-corrected chi connectivity index (χ3v) is 5.55. The highest BCUT2D eigenvalue weighted by Gasteiger charge is 2.02. The minimum atomic E-state index is 0.424. The maximum atomic E-state index is 3.47. The monoisotopic (exact) mass is 450 g/mol. The molecule has 4 nitrogen and oxygen atoms in total. The predicted molar refractivity (Wildman–Crippen MR) is 148 cm³/mol. The summed E-state index contributed by atoms with van der Waals surface area (Å²) in [6.45, 7) is 8.70. The Morgan fingerprint density at radius 1 is 0.382 bits per heavy atom. The first kappa shape index (κ1) is 23.2. The average molecular weight is 451 g/mol. The Hall–Kier alpha value is -3.92. The molecule has 0 saturated carbocycles. The van der Waals surface area contributed by atoms with Gasteiger partial charge in [-0.1, -0.05) is 26.0 Å². The highest BCUT2D eigenvalue weighted by atomic mass is 14.9. The van der Waals surface area contributed by atoms with Gasteiger partial charge in [0, 0.05) is 45.9 Å². The SMILES string of the molecule is CC(C)Nc1ccc(Nc2ccc(Nc3ccc(Nc4ccc(C(C)C)cc4)cc3)cc2)cc1. The zero-order valence-electron chi connectivity index (χ0n) is 20.4. The molecule has 4 aromatic rings. The Morgan fingerprint density at radius 2 is 0.647 bits per heavy atom. The van der Waals surface area contributed by atoms with Crippen molar-refractivity contribution in [2.24, 2.45) is 0 Å². The summed E-state index contributed by atoms with van der Waals surface area (Å²) >= 11 is 0. The molecule has 0 unspecified atom stereocenters. The Balaban J connectivity index is 1.31. The van der Waals surface area contributed by atoms with Gasteiger partial charge in [0.1, 0.15) is 0 Å². The van der Waals surface area contributed by atoms with Crippen molar-refractivity contribution in [2.75, 3.05) is 21.3 Å². The Kier molecular flexibility index (Phi) is 7.38. The number of benzene rings is 4. The molecular weight excluding hydrogens is 416 g/mol. The summed E-state index contributed by atoms with van der Waals surface area (Å²) in [6, 6.07) is 34.1. The number of hydrogen-bond donors (Lipinski definition) is 4. The van der Waals surface area contributed by atoms with Crippen LogP contribution in [0.3, 0.4) is 0 Å². The first-order valence-corrected chi connectivity index (χ1v) is 11.9. The number of hydrogen-bond acceptors (Lipinski definition) is 4. The van der Waals surface area contributed by atoms with Crippen molar-refractivity contribution in [1.29, 1.82) is 0 Å². The molecule has 0 aliphatic carbocycles. The van der Waals surface area contributed by atoms with Crippen LogP contribution in [0, 0.1) is 0 Å². The lowest BCUT2D eigenvalue weighted by atomic mass is 10.0. The minimum Gasteiger partial charge on any atom is -0.383 e. The second-order valence-corrected chi connectivity index (χ2v) is 9.18. The van der Waals surface area contributed by atoms with Crippen LogP contribution in [0.15, 0.2) is 97.1 Å². The highest BCUT2D eigenvalue weighted by molar-refractivity contribution is 5.69. The fraction of sp³-hybridized carbons (Fsp3) is 0.200. The molecule has 0 amide bonds. The highest BCUT2D eigenvalue weighted by Crippen LogP contribution is 2.25. The van der Waals surface area contributed by atoms with Crippen LogP contribution in [0.5, 0.6) is 0 Å². The molecule has 0 fully saturated rings. The topological polar surface area (TPSA) is 48.1 Å². The van der Waals surface area contributed by atoms with E-state index < -0.39 is 0 Å². The molecule has 4 N–H and O–H groups in total. The molecule has 4 rings (SSSR count). The van der Waals surface area contributed by atoms with Gasteiger partial charge in [0.25, 0.3) is 0 Å². The van der Waals surface area contributed by atoms with Crippen molar-refractivity contribution in [2.45, 2.75) is 39.7 Å². The van der Waals surface area contributed by atoms with Gasteiger partial charge in [-0.2, -0.15) is 0 Å². The van der Waals surface area contributed by atoms with Gasteiger partial charge in [-0.25, -0.2) is 0 Å². The molecule has 34 heavy (non-hydrogen) atoms. The summed E-state index contributed by atoms with van der Waals surface area (Å²) in [5.41, 5.74) is 8.86. The van der Waals surface area contributed by atoms with Gasteiger partial charge in [-0.15, -0.1) is 0 Å². The van der Waals surface area contributed by atoms with Crippen LogP contribution >= 0.6 is 0 Å². The van der Waals surface area contributed by atoms with Crippen molar-refractivity contribution >= 4 is 39.8 Å². The second-order valence-electron chi connectivity index (χ2n) is 9.18. The first-order valence-electron chi connectivity index (χ1n) is 11.9. The van der Waals surface area contributed by atoms with E-state index in [1.807, 2.05) is 0 Å². The van der Waals surface area contributed by atoms with Gasteiger partial charge in [0.2, 0.25) is 0 Å². The molecule has 0 spiro atoms. The van der Waals surface area contributed by atoms with E-state index >= 15 is 0 Å². The van der Waals surface area contributed by atoms with Gasteiger partial charge in [-0.05, 0) is 110 Å². The lowest BCUT2D eigenvalue weighted by Crippen LogP contribution is -2.09. The third kappa shape index (κ3) is 6.55. The predicted octanol–water partition coefficient (Wildman–Crippen LogP) is 8.86. The van der Waals surface area contributed by atoms with Crippen molar-refractivity contribution in [3.63, 3.8) is 0 Å². The fourth-order valence-corrected chi connectivity index (χ4v) is 3.71. The Morgan fingerprint density at radius 3 is 0.912 bits per heavy atom. The summed E-state index contributed by atoms with van der Waals surface area (Å²) in [7, 11) is 0. The average Bonchev–Trinajstić information content (AvgIpc) is 2.83. The van der Waals surface area contributed by atoms with E-state index in [0.717, 1.165) is 39.8 Å². The van der Waals surface area contributed by atoms with E-state index in [-0.39, 0.29) is 0 Å². The van der Waals surface area contributed by atoms with Gasteiger partial charge < -0.3 is 21.3 Å². The Bertz CT molecular complexity index is 1160. The fourth-order valence-electron chi connectivity index (χ4n) is 3.71. The number of rotatable bonds is 9. The molecule has 4 heteroatoms. The van der Waals surface area contributed by atoms with E-state index in [1.54, 1.807) is 0 Å². The van der Waals surface area contributed by atoms with Crippen LogP contribution in [0.4, 0.5) is 39.8 Å². The largest absolute Gasteiger partial charge is 0.383 e. The maximum absolute atomic E-state index is 3.47. The minimum absolute atomic E-state index is 0.424. The van der Waals surface area contributed by atoms with Gasteiger partial charge in [0.15, 0.2) is 0 Å². The normalized spacial score (nSPS) is 10.9. The molecule has 0 bridgehead atoms. The maximum Gasteiger partial charge on any atom is 0.0385 e. The van der Waals surface area contributed by atoms with Crippen LogP contribution in [-0.4, -0.2) is 6.04 Å². The molecule has 0 saturated heterocycles. The molecule has 0 aromatic heterocycles. The van der Waals surface area contributed by atoms with Crippen molar-refractivity contribution in [3.8, 4) is 0 Å². The van der Waals surface area contributed by atoms with Crippen LogP contribution in [0.1, 0.15) is 39.2 Å². The first-order chi connectivity index (χ1) is 16.4. The lowest BCUT2D eigenvalue weighted by Gasteiger charge is -2.13. The number of nitrogens with one attached hydrogen (secondary N) is 4. The summed E-state index contributed by atoms with van der Waals surface area (Å²) in [5, 5.41) is 13.8. The van der Waals surface area contributed by atoms with E-state index in [0.29, 0.717) is 12.0 Å². The summed E-state index contributed by atoms with van der Waals surface area (Å²) in [6.07, 6.45) is 0. The second kappa shape index (κ2) is 10.8. The van der Waals surface area contributed by atoms with Crippen molar-refractivity contribution in [1.82, 2.24) is 0 Å². The van der Waals surface area contributed by atoms with Crippen LogP contribution in [0.2, 0.25) is 0 Å². The van der Waals surface area contributed by atoms with E-state index in [2.05, 4.69) is 146 Å². The van der Waals surface area contributed by atoms with Gasteiger partial charge in [0.05, 0.1) is 0 Å². The smallest absolute Gasteiger partial charge is 0.0385 e. The lowest BCUT2D eigenvalue weighted by molar-refractivity contribution is 0.867. The van der Waals surface area contributed by atoms with E-state index in [4.69, 9.17) is 0 Å². The van der Waals surface area contributed by atoms with Crippen LogP contribution in [-0.2, 0) is 0 Å². The molecule has 0 aliphatic rings. The summed E-state index contributed by atoms with van der Waals surface area (Å²) < 4.78 is 0. The van der Waals surface area contributed by atoms with E-state index in [1.165, 1.54) is 5.56 Å². The molecule has 0 atom stereocenters. The third-order valence-electron chi connectivity index (χ3n) is 5.55. The van der Waals surface area contributed by atoms with Crippen molar-refractivity contribution in [3.05, 3.63) is 103 Å². The zero-order valence-corrected chi connectivity index (χ0v) is 20.4. The molecule has 0 heterocycles. The summed E-state index contributed by atoms with van der Waals surface area (Å²) in [5.74, 6) is 0.544. The Labute approximate surface area is 203 Å². The molecule has 174 valence electrons. The zero-order chi connectivity index (χ0) is 23.9. The number of anilines is 7. The van der Waals surface area contributed by atoms with Crippen LogP contribution in [0.25, 0.3) is 0 Å². The van der Waals surface area contributed by atoms with Crippen LogP contribution < -0.4 is 21.3 Å². The standard InChI is InChI=1S/C30H34N4/c1-21(2)23-5-7-25(8-6-23)32-27-13-15-29(16-14-27)34-30-19-17-28(18-20-30)33-26-11-9-24(10-12-26)31-22(3)4/h5-22,31-34H,1-4H3. The van der Waals surface area contributed by atoms with Gasteiger partial charge in [-0.3, -0.25) is 0 Å². The van der Waals surface area contributed by atoms with Crippen molar-refractivity contribution < 1.29 is 0 Å². The molecule has 4 aromatic carbocycles. The molecule has 0 radical (unpaired) electrons.